The molecule has 0 aliphatic carbocycles. The molecule has 0 saturated heterocycles. The molecule has 102 valence electrons. The van der Waals surface area contributed by atoms with Gasteiger partial charge in [0.25, 0.3) is 0 Å². The summed E-state index contributed by atoms with van der Waals surface area (Å²) in [5.74, 6) is -0.370. The topological polar surface area (TPSA) is 26.0 Å². The SMILES string of the molecule is NC(CCCc1cccs1)Cc1cccc(F)c1Cl. The molecule has 0 amide bonds. The minimum Gasteiger partial charge on any atom is -0.327 e. The van der Waals surface area contributed by atoms with Crippen LogP contribution in [0.2, 0.25) is 5.02 Å². The van der Waals surface area contributed by atoms with Gasteiger partial charge in [0.1, 0.15) is 5.82 Å². The first kappa shape index (κ1) is 14.5. The lowest BCUT2D eigenvalue weighted by Crippen LogP contribution is -2.23. The molecule has 0 aliphatic rings. The monoisotopic (exact) mass is 297 g/mol. The van der Waals surface area contributed by atoms with E-state index in [-0.39, 0.29) is 16.9 Å². The zero-order chi connectivity index (χ0) is 13.7. The number of aryl methyl sites for hydroxylation is 1. The van der Waals surface area contributed by atoms with Gasteiger partial charge in [-0.2, -0.15) is 0 Å². The maximum Gasteiger partial charge on any atom is 0.142 e. The van der Waals surface area contributed by atoms with E-state index >= 15 is 0 Å². The quantitative estimate of drug-likeness (QED) is 0.838. The number of rotatable bonds is 6. The lowest BCUT2D eigenvalue weighted by molar-refractivity contribution is 0.577. The van der Waals surface area contributed by atoms with E-state index in [4.69, 9.17) is 17.3 Å². The molecule has 19 heavy (non-hydrogen) atoms. The first-order valence-electron chi connectivity index (χ1n) is 6.37. The first-order chi connectivity index (χ1) is 9.16. The number of benzene rings is 1. The second-order valence-corrected chi connectivity index (χ2v) is 6.06. The van der Waals surface area contributed by atoms with Crippen LogP contribution in [0.15, 0.2) is 35.7 Å². The van der Waals surface area contributed by atoms with Crippen LogP contribution in [-0.4, -0.2) is 6.04 Å². The van der Waals surface area contributed by atoms with E-state index in [1.807, 2.05) is 6.07 Å². The van der Waals surface area contributed by atoms with Crippen LogP contribution in [0, 0.1) is 5.82 Å². The molecular weight excluding hydrogens is 281 g/mol. The summed E-state index contributed by atoms with van der Waals surface area (Å²) in [5.41, 5.74) is 6.88. The first-order valence-corrected chi connectivity index (χ1v) is 7.63. The van der Waals surface area contributed by atoms with Crippen molar-refractivity contribution in [1.82, 2.24) is 0 Å². The second-order valence-electron chi connectivity index (χ2n) is 4.65. The van der Waals surface area contributed by atoms with Crippen molar-refractivity contribution >= 4 is 22.9 Å². The lowest BCUT2D eigenvalue weighted by atomic mass is 10.0. The average Bonchev–Trinajstić information content (AvgIpc) is 2.88. The van der Waals surface area contributed by atoms with Gasteiger partial charge in [0.2, 0.25) is 0 Å². The van der Waals surface area contributed by atoms with Crippen LogP contribution in [0.1, 0.15) is 23.3 Å². The Kier molecular flexibility index (Phi) is 5.37. The van der Waals surface area contributed by atoms with E-state index in [9.17, 15) is 4.39 Å². The third kappa shape index (κ3) is 4.30. The van der Waals surface area contributed by atoms with Crippen molar-refractivity contribution < 1.29 is 4.39 Å². The van der Waals surface area contributed by atoms with Crippen LogP contribution in [0.25, 0.3) is 0 Å². The van der Waals surface area contributed by atoms with Crippen molar-refractivity contribution in [3.05, 3.63) is 57.0 Å². The predicted octanol–water partition coefficient (Wildman–Crippen LogP) is 4.43. The molecule has 1 unspecified atom stereocenters. The van der Waals surface area contributed by atoms with Crippen LogP contribution >= 0.6 is 22.9 Å². The fourth-order valence-corrected chi connectivity index (χ4v) is 3.04. The number of thiophene rings is 1. The van der Waals surface area contributed by atoms with Crippen molar-refractivity contribution in [2.24, 2.45) is 5.73 Å². The normalized spacial score (nSPS) is 12.6. The minimum absolute atomic E-state index is 0.0271. The van der Waals surface area contributed by atoms with Gasteiger partial charge in [0, 0.05) is 10.9 Å². The number of hydrogen-bond acceptors (Lipinski definition) is 2. The standard InChI is InChI=1S/C15H17ClFNS/c16-15-11(4-1-8-14(15)17)10-12(18)5-2-6-13-7-3-9-19-13/h1,3-4,7-9,12H,2,5-6,10,18H2. The molecule has 2 N–H and O–H groups in total. The number of hydrogen-bond donors (Lipinski definition) is 1. The van der Waals surface area contributed by atoms with Crippen molar-refractivity contribution in [3.63, 3.8) is 0 Å². The largest absolute Gasteiger partial charge is 0.327 e. The molecule has 0 bridgehead atoms. The minimum atomic E-state index is -0.370. The molecule has 0 radical (unpaired) electrons. The Morgan fingerprint density at radius 3 is 2.84 bits per heavy atom. The Bertz CT molecular complexity index is 513. The van der Waals surface area contributed by atoms with E-state index in [0.717, 1.165) is 24.8 Å². The van der Waals surface area contributed by atoms with Gasteiger partial charge >= 0.3 is 0 Å². The summed E-state index contributed by atoms with van der Waals surface area (Å²) in [4.78, 5) is 1.39. The van der Waals surface area contributed by atoms with Gasteiger partial charge < -0.3 is 5.73 Å². The molecule has 0 spiro atoms. The molecule has 2 rings (SSSR count). The Labute approximate surface area is 122 Å². The van der Waals surface area contributed by atoms with Crippen LogP contribution in [0.5, 0.6) is 0 Å². The molecule has 4 heteroatoms. The molecule has 1 heterocycles. The van der Waals surface area contributed by atoms with Crippen molar-refractivity contribution in [2.45, 2.75) is 31.7 Å². The summed E-state index contributed by atoms with van der Waals surface area (Å²) >= 11 is 7.70. The van der Waals surface area contributed by atoms with Gasteiger partial charge in [-0.15, -0.1) is 11.3 Å². The Morgan fingerprint density at radius 2 is 2.11 bits per heavy atom. The average molecular weight is 298 g/mol. The van der Waals surface area contributed by atoms with E-state index in [2.05, 4.69) is 17.5 Å². The van der Waals surface area contributed by atoms with Crippen LogP contribution in [0.3, 0.4) is 0 Å². The molecule has 0 aliphatic heterocycles. The third-order valence-corrected chi connectivity index (χ3v) is 4.45. The maximum absolute atomic E-state index is 13.3. The highest BCUT2D eigenvalue weighted by molar-refractivity contribution is 7.09. The molecule has 2 aromatic rings. The molecule has 1 atom stereocenters. The Morgan fingerprint density at radius 1 is 1.26 bits per heavy atom. The van der Waals surface area contributed by atoms with Crippen molar-refractivity contribution in [2.75, 3.05) is 0 Å². The Balaban J connectivity index is 1.80. The Hall–Kier alpha value is -0.900. The van der Waals surface area contributed by atoms with Crippen molar-refractivity contribution in [1.29, 1.82) is 0 Å². The smallest absolute Gasteiger partial charge is 0.142 e. The zero-order valence-electron chi connectivity index (χ0n) is 10.6. The molecule has 0 fully saturated rings. The summed E-state index contributed by atoms with van der Waals surface area (Å²) in [6.45, 7) is 0. The second kappa shape index (κ2) is 7.04. The van der Waals surface area contributed by atoms with E-state index in [0.29, 0.717) is 6.42 Å². The highest BCUT2D eigenvalue weighted by Gasteiger charge is 2.10. The fraction of sp³-hybridized carbons (Fsp3) is 0.333. The lowest BCUT2D eigenvalue weighted by Gasteiger charge is -2.12. The van der Waals surface area contributed by atoms with Gasteiger partial charge in [-0.3, -0.25) is 0 Å². The summed E-state index contributed by atoms with van der Waals surface area (Å²) in [7, 11) is 0. The highest BCUT2D eigenvalue weighted by Crippen LogP contribution is 2.21. The third-order valence-electron chi connectivity index (χ3n) is 3.09. The molecule has 0 saturated carbocycles. The van der Waals surface area contributed by atoms with Crippen LogP contribution in [0.4, 0.5) is 4.39 Å². The van der Waals surface area contributed by atoms with E-state index in [1.165, 1.54) is 10.9 Å². The van der Waals surface area contributed by atoms with Crippen molar-refractivity contribution in [3.8, 4) is 0 Å². The molecule has 1 nitrogen and oxygen atoms in total. The van der Waals surface area contributed by atoms with Gasteiger partial charge in [0.15, 0.2) is 0 Å². The maximum atomic E-state index is 13.3. The van der Waals surface area contributed by atoms with Crippen LogP contribution < -0.4 is 5.73 Å². The molecular formula is C15H17ClFNS. The fourth-order valence-electron chi connectivity index (χ4n) is 2.08. The molecule has 1 aromatic carbocycles. The van der Waals surface area contributed by atoms with Gasteiger partial charge in [-0.1, -0.05) is 29.8 Å². The summed E-state index contributed by atoms with van der Waals surface area (Å²) in [5, 5.41) is 2.29. The zero-order valence-corrected chi connectivity index (χ0v) is 12.2. The van der Waals surface area contributed by atoms with Crippen LogP contribution in [-0.2, 0) is 12.8 Å². The summed E-state index contributed by atoms with van der Waals surface area (Å²) in [6.07, 6.45) is 3.66. The van der Waals surface area contributed by atoms with Gasteiger partial charge in [-0.05, 0) is 48.8 Å². The predicted molar refractivity (Wildman–Crippen MR) is 80.3 cm³/mol. The highest BCUT2D eigenvalue weighted by atomic mass is 35.5. The number of nitrogens with two attached hydrogens (primary N) is 1. The van der Waals surface area contributed by atoms with E-state index < -0.39 is 0 Å². The van der Waals surface area contributed by atoms with Gasteiger partial charge in [-0.25, -0.2) is 4.39 Å². The summed E-state index contributed by atoms with van der Waals surface area (Å²) < 4.78 is 13.3. The number of halogens is 2. The summed E-state index contributed by atoms with van der Waals surface area (Å²) in [6, 6.07) is 9.11. The van der Waals surface area contributed by atoms with E-state index in [1.54, 1.807) is 17.4 Å². The van der Waals surface area contributed by atoms with Gasteiger partial charge in [0.05, 0.1) is 5.02 Å². The molecule has 1 aromatic heterocycles.